The summed E-state index contributed by atoms with van der Waals surface area (Å²) in [7, 11) is 0. The van der Waals surface area contributed by atoms with E-state index in [1.54, 1.807) is 0 Å². The molecule has 0 spiro atoms. The van der Waals surface area contributed by atoms with Gasteiger partial charge in [0.1, 0.15) is 16.1 Å². The Morgan fingerprint density at radius 2 is 1.79 bits per heavy atom. The molecule has 0 N–H and O–H groups in total. The van der Waals surface area contributed by atoms with Crippen molar-refractivity contribution in [2.75, 3.05) is 0 Å². The van der Waals surface area contributed by atoms with Crippen LogP contribution in [0.25, 0.3) is 27.8 Å². The Morgan fingerprint density at radius 3 is 2.67 bits per heavy atom. The number of rotatable bonds is 1. The topological polar surface area (TPSA) is 30.7 Å². The zero-order valence-corrected chi connectivity index (χ0v) is 14.5. The van der Waals surface area contributed by atoms with E-state index in [9.17, 15) is 0 Å². The first-order chi connectivity index (χ1) is 11.8. The summed E-state index contributed by atoms with van der Waals surface area (Å²) in [4.78, 5) is 9.56. The van der Waals surface area contributed by atoms with Crippen LogP contribution in [-0.2, 0) is 12.8 Å². The highest BCUT2D eigenvalue weighted by Crippen LogP contribution is 2.37. The quantitative estimate of drug-likeness (QED) is 0.471. The van der Waals surface area contributed by atoms with Crippen molar-refractivity contribution >= 4 is 26.8 Å². The maximum atomic E-state index is 4.91. The Morgan fingerprint density at radius 1 is 0.917 bits per heavy atom. The number of fused-ring (bicyclic) bond motifs is 5. The van der Waals surface area contributed by atoms with Gasteiger partial charge in [-0.2, -0.15) is 0 Å². The molecule has 0 saturated carbocycles. The minimum Gasteiger partial charge on any atom is -0.288 e. The van der Waals surface area contributed by atoms with E-state index < -0.39 is 0 Å². The van der Waals surface area contributed by atoms with Crippen LogP contribution in [0.5, 0.6) is 0 Å². The lowest BCUT2D eigenvalue weighted by Crippen LogP contribution is -2.13. The average molecular weight is 376 g/mol. The minimum absolute atomic E-state index is 0.941. The number of hydrogen-bond acceptors (Lipinski definition) is 2. The molecule has 0 radical (unpaired) electrons. The Balaban J connectivity index is 1.83. The van der Waals surface area contributed by atoms with Gasteiger partial charge in [0.05, 0.1) is 11.2 Å². The summed E-state index contributed by atoms with van der Waals surface area (Å²) in [5.74, 6) is 1.09. The van der Waals surface area contributed by atoms with E-state index in [-0.39, 0.29) is 0 Å². The van der Waals surface area contributed by atoms with Gasteiger partial charge in [0.15, 0.2) is 0 Å². The van der Waals surface area contributed by atoms with Crippen LogP contribution < -0.4 is 0 Å². The lowest BCUT2D eigenvalue weighted by atomic mass is 10.0. The summed E-state index contributed by atoms with van der Waals surface area (Å²) < 4.78 is 3.24. The molecule has 24 heavy (non-hydrogen) atoms. The number of pyridine rings is 1. The second-order valence-corrected chi connectivity index (χ2v) is 6.77. The fourth-order valence-corrected chi connectivity index (χ4v) is 4.19. The normalized spacial score (nSPS) is 12.9. The highest BCUT2D eigenvalue weighted by Gasteiger charge is 2.25. The number of aryl methyl sites for hydroxylation is 2. The van der Waals surface area contributed by atoms with E-state index in [2.05, 4.69) is 55.8 Å². The van der Waals surface area contributed by atoms with Crippen molar-refractivity contribution in [1.82, 2.24) is 14.5 Å². The van der Waals surface area contributed by atoms with Crippen LogP contribution in [0.15, 0.2) is 65.4 Å². The van der Waals surface area contributed by atoms with Crippen LogP contribution >= 0.6 is 15.9 Å². The second-order valence-electron chi connectivity index (χ2n) is 6.02. The van der Waals surface area contributed by atoms with Crippen molar-refractivity contribution in [2.45, 2.75) is 12.8 Å². The molecule has 0 atom stereocenters. The van der Waals surface area contributed by atoms with Crippen LogP contribution in [0.4, 0.5) is 0 Å². The first-order valence-corrected chi connectivity index (χ1v) is 8.82. The molecule has 0 saturated heterocycles. The second kappa shape index (κ2) is 5.28. The number of halogens is 1. The van der Waals surface area contributed by atoms with Gasteiger partial charge in [0.2, 0.25) is 0 Å². The van der Waals surface area contributed by atoms with Crippen molar-refractivity contribution in [3.8, 4) is 16.9 Å². The lowest BCUT2D eigenvalue weighted by Gasteiger charge is -2.20. The molecule has 3 nitrogen and oxygen atoms in total. The highest BCUT2D eigenvalue weighted by atomic mass is 79.9. The summed E-state index contributed by atoms with van der Waals surface area (Å²) in [5.41, 5.74) is 5.64. The van der Waals surface area contributed by atoms with E-state index in [4.69, 9.17) is 4.98 Å². The van der Waals surface area contributed by atoms with E-state index in [1.165, 1.54) is 5.56 Å². The molecule has 5 rings (SSSR count). The largest absolute Gasteiger partial charge is 0.288 e. The van der Waals surface area contributed by atoms with Crippen molar-refractivity contribution in [1.29, 1.82) is 0 Å². The molecular weight excluding hydrogens is 362 g/mol. The van der Waals surface area contributed by atoms with Gasteiger partial charge in [-0.05, 0) is 34.0 Å². The third-order valence-electron chi connectivity index (χ3n) is 4.61. The third-order valence-corrected chi connectivity index (χ3v) is 5.34. The molecule has 116 valence electrons. The van der Waals surface area contributed by atoms with Gasteiger partial charge in [0, 0.05) is 23.6 Å². The first kappa shape index (κ1) is 13.9. The first-order valence-electron chi connectivity index (χ1n) is 8.02. The standard InChI is InChI=1S/C20H14BrN3/c21-20-18(13-5-2-1-3-6-13)23-16-11-10-15-9-8-14-7-4-12-22-17(14)19(15)24(16)20/h1-9,12H,10-11H2. The molecule has 0 unspecified atom stereocenters. The number of hydrogen-bond donors (Lipinski definition) is 0. The van der Waals surface area contributed by atoms with Gasteiger partial charge in [-0.15, -0.1) is 0 Å². The molecule has 3 heterocycles. The van der Waals surface area contributed by atoms with Gasteiger partial charge in [-0.3, -0.25) is 9.55 Å². The average Bonchev–Trinajstić information content (AvgIpc) is 2.99. The highest BCUT2D eigenvalue weighted by molar-refractivity contribution is 9.10. The van der Waals surface area contributed by atoms with Crippen LogP contribution in [-0.4, -0.2) is 14.5 Å². The molecule has 0 aliphatic carbocycles. The summed E-state index contributed by atoms with van der Waals surface area (Å²) in [5, 5.41) is 1.16. The van der Waals surface area contributed by atoms with Crippen molar-refractivity contribution in [3.05, 3.63) is 76.8 Å². The Hall–Kier alpha value is -2.46. The molecular formula is C20H14BrN3. The fraction of sp³-hybridized carbons (Fsp3) is 0.100. The maximum absolute atomic E-state index is 4.91. The van der Waals surface area contributed by atoms with Gasteiger partial charge >= 0.3 is 0 Å². The summed E-state index contributed by atoms with van der Waals surface area (Å²) in [6, 6.07) is 18.8. The molecule has 1 aliphatic rings. The predicted molar refractivity (Wildman–Crippen MR) is 99.4 cm³/mol. The third kappa shape index (κ3) is 1.96. The van der Waals surface area contributed by atoms with Gasteiger partial charge in [0.25, 0.3) is 0 Å². The SMILES string of the molecule is Brc1c(-c2ccccc2)nc2n1-c1c(ccc3cccnc13)CC2. The zero-order valence-electron chi connectivity index (χ0n) is 12.9. The maximum Gasteiger partial charge on any atom is 0.117 e. The predicted octanol–water partition coefficient (Wildman–Crippen LogP) is 4.95. The number of aromatic nitrogens is 3. The van der Waals surface area contributed by atoms with Gasteiger partial charge < -0.3 is 0 Å². The molecule has 0 bridgehead atoms. The lowest BCUT2D eigenvalue weighted by molar-refractivity contribution is 0.775. The van der Waals surface area contributed by atoms with Crippen LogP contribution in [0, 0.1) is 0 Å². The molecule has 4 heteroatoms. The number of nitrogens with zero attached hydrogens (tertiary/aromatic N) is 3. The van der Waals surface area contributed by atoms with E-state index in [0.29, 0.717) is 0 Å². The minimum atomic E-state index is 0.941. The van der Waals surface area contributed by atoms with Gasteiger partial charge in [-0.25, -0.2) is 4.98 Å². The fourth-order valence-electron chi connectivity index (χ4n) is 3.49. The van der Waals surface area contributed by atoms with E-state index >= 15 is 0 Å². The van der Waals surface area contributed by atoms with Gasteiger partial charge in [-0.1, -0.05) is 48.5 Å². The van der Waals surface area contributed by atoms with Crippen LogP contribution in [0.2, 0.25) is 0 Å². The molecule has 2 aromatic heterocycles. The molecule has 2 aromatic carbocycles. The Bertz CT molecular complexity index is 1070. The smallest absolute Gasteiger partial charge is 0.117 e. The monoisotopic (exact) mass is 375 g/mol. The van der Waals surface area contributed by atoms with E-state index in [0.717, 1.165) is 51.1 Å². The Kier molecular flexibility index (Phi) is 3.06. The molecule has 1 aliphatic heterocycles. The summed E-state index contributed by atoms with van der Waals surface area (Å²) >= 11 is 3.80. The van der Waals surface area contributed by atoms with E-state index in [1.807, 2.05) is 30.5 Å². The summed E-state index contributed by atoms with van der Waals surface area (Å²) in [6.07, 6.45) is 3.80. The summed E-state index contributed by atoms with van der Waals surface area (Å²) in [6.45, 7) is 0. The van der Waals surface area contributed by atoms with Crippen LogP contribution in [0.1, 0.15) is 11.4 Å². The van der Waals surface area contributed by atoms with Crippen molar-refractivity contribution < 1.29 is 0 Å². The molecule has 4 aromatic rings. The number of benzene rings is 2. The van der Waals surface area contributed by atoms with Crippen LogP contribution in [0.3, 0.4) is 0 Å². The Labute approximate surface area is 148 Å². The van der Waals surface area contributed by atoms with Crippen molar-refractivity contribution in [2.24, 2.45) is 0 Å². The number of imidazole rings is 1. The zero-order chi connectivity index (χ0) is 16.1. The van der Waals surface area contributed by atoms with Crippen molar-refractivity contribution in [3.63, 3.8) is 0 Å². The molecule has 0 fully saturated rings. The molecule has 0 amide bonds.